The van der Waals surface area contributed by atoms with Crippen molar-refractivity contribution in [1.82, 2.24) is 4.98 Å². The summed E-state index contributed by atoms with van der Waals surface area (Å²) in [5.41, 5.74) is 4.41. The van der Waals surface area contributed by atoms with Gasteiger partial charge in [0, 0.05) is 0 Å². The standard InChI is InChI=1S/C13H18BrF3N2O/c1-8(2)4-13(18,6-15)7-20-10-5-19-11(14)3-9(10)12(16)17/h3,5,8,12H,4,6-7,18H2,1-2H3/t13-/m0/s1. The lowest BCUT2D eigenvalue weighted by Crippen LogP contribution is -2.49. The lowest BCUT2D eigenvalue weighted by molar-refractivity contribution is 0.131. The molecule has 3 nitrogen and oxygen atoms in total. The molecule has 0 aliphatic rings. The Morgan fingerprint density at radius 2 is 2.10 bits per heavy atom. The van der Waals surface area contributed by atoms with Crippen molar-refractivity contribution in [2.24, 2.45) is 11.7 Å². The summed E-state index contributed by atoms with van der Waals surface area (Å²) < 4.78 is 44.4. The number of pyridine rings is 1. The van der Waals surface area contributed by atoms with Crippen LogP contribution in [0, 0.1) is 5.92 Å². The maximum absolute atomic E-state index is 13.1. The summed E-state index contributed by atoms with van der Waals surface area (Å²) in [7, 11) is 0. The van der Waals surface area contributed by atoms with Crippen LogP contribution in [0.5, 0.6) is 5.75 Å². The zero-order chi connectivity index (χ0) is 15.3. The summed E-state index contributed by atoms with van der Waals surface area (Å²) in [4.78, 5) is 3.83. The molecule has 1 heterocycles. The molecule has 0 saturated heterocycles. The first-order valence-electron chi connectivity index (χ1n) is 6.18. The van der Waals surface area contributed by atoms with E-state index in [-0.39, 0.29) is 28.4 Å². The topological polar surface area (TPSA) is 48.1 Å². The zero-order valence-electron chi connectivity index (χ0n) is 11.4. The van der Waals surface area contributed by atoms with Crippen molar-refractivity contribution in [3.8, 4) is 5.75 Å². The third-order valence-electron chi connectivity index (χ3n) is 2.70. The fourth-order valence-electron chi connectivity index (χ4n) is 1.91. The Hall–Kier alpha value is -0.820. The number of nitrogens with zero attached hydrogens (tertiary/aromatic N) is 1. The molecule has 0 aliphatic heterocycles. The van der Waals surface area contributed by atoms with E-state index in [4.69, 9.17) is 10.5 Å². The molecule has 1 rings (SSSR count). The van der Waals surface area contributed by atoms with Crippen LogP contribution in [0.15, 0.2) is 16.9 Å². The van der Waals surface area contributed by atoms with Gasteiger partial charge in [0.15, 0.2) is 0 Å². The smallest absolute Gasteiger partial charge is 0.267 e. The third kappa shape index (κ3) is 4.94. The maximum Gasteiger partial charge on any atom is 0.267 e. The van der Waals surface area contributed by atoms with E-state index in [1.807, 2.05) is 13.8 Å². The van der Waals surface area contributed by atoms with E-state index in [1.165, 1.54) is 12.3 Å². The lowest BCUT2D eigenvalue weighted by Gasteiger charge is -2.28. The van der Waals surface area contributed by atoms with Gasteiger partial charge in [-0.3, -0.25) is 0 Å². The van der Waals surface area contributed by atoms with Gasteiger partial charge in [-0.25, -0.2) is 18.2 Å². The number of alkyl halides is 3. The molecule has 0 fully saturated rings. The van der Waals surface area contributed by atoms with Crippen LogP contribution in [-0.2, 0) is 0 Å². The lowest BCUT2D eigenvalue weighted by atomic mass is 9.92. The largest absolute Gasteiger partial charge is 0.489 e. The van der Waals surface area contributed by atoms with Crippen molar-refractivity contribution in [1.29, 1.82) is 0 Å². The number of rotatable bonds is 7. The van der Waals surface area contributed by atoms with Gasteiger partial charge in [0.05, 0.1) is 17.3 Å². The number of halogens is 4. The second-order valence-corrected chi connectivity index (χ2v) is 6.04. The summed E-state index contributed by atoms with van der Waals surface area (Å²) in [6.45, 7) is 2.86. The molecule has 0 aromatic carbocycles. The first kappa shape index (κ1) is 17.2. The highest BCUT2D eigenvalue weighted by molar-refractivity contribution is 9.10. The third-order valence-corrected chi connectivity index (χ3v) is 3.13. The van der Waals surface area contributed by atoms with Crippen LogP contribution in [0.2, 0.25) is 0 Å². The van der Waals surface area contributed by atoms with Gasteiger partial charge in [-0.2, -0.15) is 0 Å². The molecule has 0 bridgehead atoms. The second kappa shape index (κ2) is 7.26. The van der Waals surface area contributed by atoms with Crippen LogP contribution in [0.25, 0.3) is 0 Å². The Bertz CT molecular complexity index is 446. The van der Waals surface area contributed by atoms with Crippen LogP contribution in [0.1, 0.15) is 32.3 Å². The SMILES string of the molecule is CC(C)C[C@](N)(CF)COc1cnc(Br)cc1C(F)F. The summed E-state index contributed by atoms with van der Waals surface area (Å²) in [6.07, 6.45) is -1.12. The monoisotopic (exact) mass is 354 g/mol. The minimum absolute atomic E-state index is 0.0739. The van der Waals surface area contributed by atoms with Crippen molar-refractivity contribution in [3.63, 3.8) is 0 Å². The molecule has 2 N–H and O–H groups in total. The van der Waals surface area contributed by atoms with E-state index in [2.05, 4.69) is 20.9 Å². The van der Waals surface area contributed by atoms with E-state index in [9.17, 15) is 13.2 Å². The van der Waals surface area contributed by atoms with Crippen molar-refractivity contribution in [3.05, 3.63) is 22.4 Å². The Labute approximate surface area is 124 Å². The van der Waals surface area contributed by atoms with E-state index < -0.39 is 18.6 Å². The van der Waals surface area contributed by atoms with Gasteiger partial charge < -0.3 is 10.5 Å². The fraction of sp³-hybridized carbons (Fsp3) is 0.615. The maximum atomic E-state index is 13.1. The first-order valence-corrected chi connectivity index (χ1v) is 6.98. The molecule has 0 spiro atoms. The normalized spacial score (nSPS) is 14.7. The summed E-state index contributed by atoms with van der Waals surface area (Å²) in [6, 6.07) is 1.18. The highest BCUT2D eigenvalue weighted by Crippen LogP contribution is 2.31. The van der Waals surface area contributed by atoms with Crippen molar-refractivity contribution in [2.75, 3.05) is 13.3 Å². The number of hydrogen-bond acceptors (Lipinski definition) is 3. The van der Waals surface area contributed by atoms with Gasteiger partial charge in [0.2, 0.25) is 0 Å². The quantitative estimate of drug-likeness (QED) is 0.756. The van der Waals surface area contributed by atoms with Gasteiger partial charge in [-0.1, -0.05) is 13.8 Å². The van der Waals surface area contributed by atoms with Gasteiger partial charge in [0.1, 0.15) is 23.6 Å². The molecule has 0 amide bonds. The molecular weight excluding hydrogens is 337 g/mol. The van der Waals surface area contributed by atoms with Crippen LogP contribution >= 0.6 is 15.9 Å². The zero-order valence-corrected chi connectivity index (χ0v) is 13.0. The number of nitrogens with two attached hydrogens (primary N) is 1. The van der Waals surface area contributed by atoms with Gasteiger partial charge >= 0.3 is 0 Å². The molecule has 114 valence electrons. The predicted octanol–water partition coefficient (Wildman–Crippen LogP) is 3.87. The Balaban J connectivity index is 2.83. The van der Waals surface area contributed by atoms with Gasteiger partial charge in [-0.15, -0.1) is 0 Å². The molecular formula is C13H18BrF3N2O. The van der Waals surface area contributed by atoms with Crippen molar-refractivity contribution in [2.45, 2.75) is 32.2 Å². The van der Waals surface area contributed by atoms with E-state index in [0.29, 0.717) is 6.42 Å². The predicted molar refractivity (Wildman–Crippen MR) is 74.7 cm³/mol. The first-order chi connectivity index (χ1) is 9.27. The average Bonchev–Trinajstić information content (AvgIpc) is 2.36. The molecule has 0 radical (unpaired) electrons. The summed E-state index contributed by atoms with van der Waals surface area (Å²) in [5.74, 6) is 0.104. The van der Waals surface area contributed by atoms with E-state index >= 15 is 0 Å². The number of ether oxygens (including phenoxy) is 1. The van der Waals surface area contributed by atoms with E-state index in [1.54, 1.807) is 0 Å². The van der Waals surface area contributed by atoms with Crippen molar-refractivity contribution >= 4 is 15.9 Å². The minimum atomic E-state index is -2.70. The van der Waals surface area contributed by atoms with Gasteiger partial charge in [-0.05, 0) is 34.3 Å². The molecule has 0 unspecified atom stereocenters. The molecule has 7 heteroatoms. The molecule has 0 saturated carbocycles. The van der Waals surface area contributed by atoms with Crippen LogP contribution in [-0.4, -0.2) is 23.8 Å². The molecule has 1 aromatic heterocycles. The highest BCUT2D eigenvalue weighted by Gasteiger charge is 2.28. The van der Waals surface area contributed by atoms with Crippen molar-refractivity contribution < 1.29 is 17.9 Å². The molecule has 1 aromatic rings. The summed E-state index contributed by atoms with van der Waals surface area (Å²) >= 11 is 3.02. The Kier molecular flexibility index (Phi) is 6.26. The number of aromatic nitrogens is 1. The summed E-state index contributed by atoms with van der Waals surface area (Å²) in [5, 5.41) is 0. The molecule has 0 aliphatic carbocycles. The number of hydrogen-bond donors (Lipinski definition) is 1. The fourth-order valence-corrected chi connectivity index (χ4v) is 2.26. The Morgan fingerprint density at radius 3 is 2.60 bits per heavy atom. The average molecular weight is 355 g/mol. The van der Waals surface area contributed by atoms with Crippen LogP contribution in [0.4, 0.5) is 13.2 Å². The van der Waals surface area contributed by atoms with Crippen LogP contribution in [0.3, 0.4) is 0 Å². The van der Waals surface area contributed by atoms with Gasteiger partial charge in [0.25, 0.3) is 6.43 Å². The Morgan fingerprint density at radius 1 is 1.45 bits per heavy atom. The van der Waals surface area contributed by atoms with E-state index in [0.717, 1.165) is 0 Å². The highest BCUT2D eigenvalue weighted by atomic mass is 79.9. The van der Waals surface area contributed by atoms with Crippen LogP contribution < -0.4 is 10.5 Å². The molecule has 20 heavy (non-hydrogen) atoms. The second-order valence-electron chi connectivity index (χ2n) is 5.23. The molecule has 1 atom stereocenters. The minimum Gasteiger partial charge on any atom is -0.489 e.